The molecule has 6 heteroatoms. The van der Waals surface area contributed by atoms with E-state index in [0.29, 0.717) is 6.54 Å². The number of ether oxygens (including phenoxy) is 1. The maximum Gasteiger partial charge on any atom is 0.440 e. The summed E-state index contributed by atoms with van der Waals surface area (Å²) in [7, 11) is 2.74. The topological polar surface area (TPSA) is 67.9 Å². The van der Waals surface area contributed by atoms with Crippen LogP contribution >= 0.6 is 0 Å². The Morgan fingerprint density at radius 1 is 1.04 bits per heavy atom. The minimum Gasteiger partial charge on any atom is -0.451 e. The number of methoxy groups -OCH3 is 1. The third kappa shape index (κ3) is 5.35. The van der Waals surface area contributed by atoms with Crippen LogP contribution in [0.4, 0.5) is 9.59 Å². The van der Waals surface area contributed by atoms with Crippen molar-refractivity contribution in [2.24, 2.45) is 0 Å². The highest BCUT2D eigenvalue weighted by Gasteiger charge is 2.12. The van der Waals surface area contributed by atoms with Gasteiger partial charge < -0.3 is 14.5 Å². The SMILES string of the molecule is COC(=O)NOC(=O)N(C)Cc1ccccc1.c1cc2cc-2c1. The molecule has 0 spiro atoms. The molecule has 3 rings (SSSR count). The zero-order valence-corrected chi connectivity index (χ0v) is 13.0. The molecular formula is C17H18N2O4. The van der Waals surface area contributed by atoms with Gasteiger partial charge in [0, 0.05) is 13.6 Å². The van der Waals surface area contributed by atoms with Crippen LogP contribution in [0, 0.1) is 0 Å². The van der Waals surface area contributed by atoms with Crippen molar-refractivity contribution in [3.8, 4) is 11.1 Å². The third-order valence-corrected chi connectivity index (χ3v) is 3.09. The van der Waals surface area contributed by atoms with Crippen molar-refractivity contribution >= 4 is 12.2 Å². The van der Waals surface area contributed by atoms with Crippen LogP contribution < -0.4 is 5.48 Å². The van der Waals surface area contributed by atoms with Crippen molar-refractivity contribution in [1.82, 2.24) is 10.4 Å². The van der Waals surface area contributed by atoms with Crippen LogP contribution in [-0.4, -0.2) is 31.2 Å². The zero-order chi connectivity index (χ0) is 16.7. The number of amides is 2. The third-order valence-electron chi connectivity index (χ3n) is 3.09. The van der Waals surface area contributed by atoms with E-state index in [0.717, 1.165) is 5.56 Å². The Labute approximate surface area is 134 Å². The molecule has 2 amide bonds. The number of hydroxylamine groups is 1. The molecule has 1 N–H and O–H groups in total. The van der Waals surface area contributed by atoms with Gasteiger partial charge in [-0.3, -0.25) is 0 Å². The summed E-state index contributed by atoms with van der Waals surface area (Å²) in [6.45, 7) is 0.391. The predicted molar refractivity (Wildman–Crippen MR) is 85.4 cm³/mol. The van der Waals surface area contributed by atoms with Gasteiger partial charge in [-0.15, -0.1) is 5.48 Å². The van der Waals surface area contributed by atoms with Gasteiger partial charge in [0.05, 0.1) is 7.11 Å². The van der Waals surface area contributed by atoms with Crippen molar-refractivity contribution in [2.75, 3.05) is 14.2 Å². The van der Waals surface area contributed by atoms with Crippen LogP contribution in [0.5, 0.6) is 0 Å². The first-order valence-electron chi connectivity index (χ1n) is 7.00. The van der Waals surface area contributed by atoms with Gasteiger partial charge in [0.1, 0.15) is 0 Å². The van der Waals surface area contributed by atoms with E-state index < -0.39 is 12.2 Å². The number of benzene rings is 2. The lowest BCUT2D eigenvalue weighted by molar-refractivity contribution is 0.0517. The molecular weight excluding hydrogens is 296 g/mol. The first-order chi connectivity index (χ1) is 11.1. The average molecular weight is 314 g/mol. The molecule has 0 radical (unpaired) electrons. The average Bonchev–Trinajstić information content (AvgIpc) is 3.19. The Kier molecular flexibility index (Phi) is 5.57. The van der Waals surface area contributed by atoms with Gasteiger partial charge in [0.2, 0.25) is 0 Å². The molecule has 0 fully saturated rings. The Hall–Kier alpha value is -3.02. The van der Waals surface area contributed by atoms with Gasteiger partial charge in [-0.25, -0.2) is 9.59 Å². The second-order valence-electron chi connectivity index (χ2n) is 4.88. The highest BCUT2D eigenvalue weighted by Crippen LogP contribution is 2.32. The number of nitrogens with one attached hydrogen (secondary N) is 1. The Morgan fingerprint density at radius 3 is 2.17 bits per heavy atom. The van der Waals surface area contributed by atoms with Crippen LogP contribution in [-0.2, 0) is 16.1 Å². The van der Waals surface area contributed by atoms with Crippen molar-refractivity contribution in [1.29, 1.82) is 0 Å². The summed E-state index contributed by atoms with van der Waals surface area (Å²) in [6.07, 6.45) is -1.49. The van der Waals surface area contributed by atoms with Crippen LogP contribution in [0.3, 0.4) is 0 Å². The molecule has 1 aromatic rings. The first kappa shape index (κ1) is 16.4. The minimum absolute atomic E-state index is 0.391. The molecule has 2 aliphatic carbocycles. The number of nitrogens with zero attached hydrogens (tertiary/aromatic N) is 1. The molecule has 0 unspecified atom stereocenters. The standard InChI is InChI=1S/C11H14N2O4.C6H4/c1-13(8-9-6-4-3-5-7-9)11(15)17-12-10(14)16-2;1-2-5-4-6(5)3-1/h3-7H,8H2,1-2H3,(H,12,14);1-4H. The summed E-state index contributed by atoms with van der Waals surface area (Å²) in [5.41, 5.74) is 5.66. The quantitative estimate of drug-likeness (QED) is 0.738. The highest BCUT2D eigenvalue weighted by molar-refractivity contribution is 5.80. The summed E-state index contributed by atoms with van der Waals surface area (Å²) in [6, 6.07) is 17.9. The second kappa shape index (κ2) is 7.84. The van der Waals surface area contributed by atoms with Gasteiger partial charge in [-0.05, 0) is 22.8 Å². The molecule has 1 aromatic carbocycles. The minimum atomic E-state index is -0.827. The van der Waals surface area contributed by atoms with Crippen LogP contribution in [0.15, 0.2) is 54.6 Å². The van der Waals surface area contributed by atoms with E-state index in [1.807, 2.05) is 35.8 Å². The summed E-state index contributed by atoms with van der Waals surface area (Å²) in [4.78, 5) is 27.9. The molecule has 0 atom stereocenters. The molecule has 23 heavy (non-hydrogen) atoms. The Bertz CT molecular complexity index is 656. The molecule has 0 bridgehead atoms. The Balaban J connectivity index is 0.000000260. The fourth-order valence-corrected chi connectivity index (χ4v) is 1.80. The molecule has 2 aliphatic rings. The summed E-state index contributed by atoms with van der Waals surface area (Å²) in [5.74, 6) is 0. The molecule has 0 saturated heterocycles. The Morgan fingerprint density at radius 2 is 1.70 bits per heavy atom. The summed E-state index contributed by atoms with van der Waals surface area (Å²) in [5, 5.41) is 0. The van der Waals surface area contributed by atoms with Crippen LogP contribution in [0.25, 0.3) is 11.1 Å². The fraction of sp³-hybridized carbons (Fsp3) is 0.176. The number of hydrogen-bond acceptors (Lipinski definition) is 4. The maximum absolute atomic E-state index is 11.4. The lowest BCUT2D eigenvalue weighted by atomic mass is 10.2. The molecule has 0 aromatic heterocycles. The van der Waals surface area contributed by atoms with Gasteiger partial charge in [-0.1, -0.05) is 48.5 Å². The first-order valence-corrected chi connectivity index (χ1v) is 7.00. The smallest absolute Gasteiger partial charge is 0.440 e. The number of hydrogen-bond donors (Lipinski definition) is 1. The largest absolute Gasteiger partial charge is 0.451 e. The van der Waals surface area contributed by atoms with E-state index >= 15 is 0 Å². The van der Waals surface area contributed by atoms with Crippen molar-refractivity contribution < 1.29 is 19.2 Å². The van der Waals surface area contributed by atoms with E-state index in [2.05, 4.69) is 33.8 Å². The second-order valence-corrected chi connectivity index (χ2v) is 4.88. The van der Waals surface area contributed by atoms with E-state index in [-0.39, 0.29) is 0 Å². The van der Waals surface area contributed by atoms with E-state index in [9.17, 15) is 9.59 Å². The normalized spacial score (nSPS) is 9.83. The monoisotopic (exact) mass is 314 g/mol. The molecule has 0 heterocycles. The van der Waals surface area contributed by atoms with Crippen molar-refractivity contribution in [3.05, 3.63) is 60.2 Å². The molecule has 0 saturated carbocycles. The van der Waals surface area contributed by atoms with Crippen molar-refractivity contribution in [2.45, 2.75) is 6.54 Å². The lowest BCUT2D eigenvalue weighted by Crippen LogP contribution is -2.34. The van der Waals surface area contributed by atoms with E-state index in [4.69, 9.17) is 0 Å². The number of carbonyl (C=O) groups excluding carboxylic acids is 2. The summed E-state index contributed by atoms with van der Waals surface area (Å²) < 4.78 is 4.25. The molecule has 6 nitrogen and oxygen atoms in total. The number of carbonyl (C=O) groups is 2. The molecule has 120 valence electrons. The zero-order valence-electron chi connectivity index (χ0n) is 13.0. The van der Waals surface area contributed by atoms with Gasteiger partial charge >= 0.3 is 12.2 Å². The van der Waals surface area contributed by atoms with Crippen LogP contribution in [0.2, 0.25) is 0 Å². The highest BCUT2D eigenvalue weighted by atomic mass is 16.7. The summed E-state index contributed by atoms with van der Waals surface area (Å²) >= 11 is 0. The molecule has 0 aliphatic heterocycles. The predicted octanol–water partition coefficient (Wildman–Crippen LogP) is 3.19. The van der Waals surface area contributed by atoms with Gasteiger partial charge in [0.15, 0.2) is 0 Å². The number of rotatable bonds is 2. The fourth-order valence-electron chi connectivity index (χ4n) is 1.80. The van der Waals surface area contributed by atoms with Gasteiger partial charge in [-0.2, -0.15) is 0 Å². The van der Waals surface area contributed by atoms with E-state index in [1.54, 1.807) is 7.05 Å². The van der Waals surface area contributed by atoms with E-state index in [1.165, 1.54) is 23.1 Å². The lowest BCUT2D eigenvalue weighted by Gasteiger charge is -2.16. The maximum atomic E-state index is 11.4. The number of fused-ring (bicyclic) bond motifs is 1. The van der Waals surface area contributed by atoms with Crippen molar-refractivity contribution in [3.63, 3.8) is 0 Å². The van der Waals surface area contributed by atoms with Crippen LogP contribution in [0.1, 0.15) is 5.56 Å². The van der Waals surface area contributed by atoms with Gasteiger partial charge in [0.25, 0.3) is 0 Å².